The van der Waals surface area contributed by atoms with E-state index in [2.05, 4.69) is 24.1 Å². The maximum Gasteiger partial charge on any atom is 0.220 e. The molecule has 0 aromatic heterocycles. The number of nitrogens with zero attached hydrogens (tertiary/aromatic N) is 1. The van der Waals surface area contributed by atoms with Crippen molar-refractivity contribution in [2.75, 3.05) is 45.9 Å². The zero-order valence-corrected chi connectivity index (χ0v) is 12.4. The Labute approximate surface area is 116 Å². The number of ether oxygens (including phenoxy) is 1. The van der Waals surface area contributed by atoms with Gasteiger partial charge in [0.25, 0.3) is 0 Å². The summed E-state index contributed by atoms with van der Waals surface area (Å²) in [4.78, 5) is 14.1. The molecule has 0 aliphatic carbocycles. The largest absolute Gasteiger partial charge is 0.379 e. The van der Waals surface area contributed by atoms with E-state index in [1.807, 2.05) is 0 Å². The van der Waals surface area contributed by atoms with Crippen LogP contribution in [0.2, 0.25) is 0 Å². The van der Waals surface area contributed by atoms with Crippen LogP contribution in [0.4, 0.5) is 0 Å². The Hall–Kier alpha value is -0.650. The third-order valence-electron chi connectivity index (χ3n) is 3.47. The molecule has 0 bridgehead atoms. The molecule has 0 saturated carbocycles. The number of nitrogens with one attached hydrogen (secondary N) is 1. The average Bonchev–Trinajstić information content (AvgIpc) is 2.38. The van der Waals surface area contributed by atoms with Crippen LogP contribution in [0.25, 0.3) is 0 Å². The molecule has 0 radical (unpaired) electrons. The van der Waals surface area contributed by atoms with Gasteiger partial charge in [-0.1, -0.05) is 13.8 Å². The number of carbonyl (C=O) groups excluding carboxylic acids is 1. The van der Waals surface area contributed by atoms with Crippen LogP contribution < -0.4 is 11.1 Å². The molecule has 1 amide bonds. The van der Waals surface area contributed by atoms with Crippen LogP contribution in [0.15, 0.2) is 0 Å². The molecular formula is C14H29N3O2. The van der Waals surface area contributed by atoms with Crippen LogP contribution in [0.3, 0.4) is 0 Å². The van der Waals surface area contributed by atoms with E-state index in [1.54, 1.807) is 0 Å². The summed E-state index contributed by atoms with van der Waals surface area (Å²) in [6.45, 7) is 10.1. The molecule has 5 nitrogen and oxygen atoms in total. The summed E-state index contributed by atoms with van der Waals surface area (Å²) < 4.78 is 5.29. The molecule has 1 fully saturated rings. The maximum atomic E-state index is 11.8. The van der Waals surface area contributed by atoms with Crippen molar-refractivity contribution in [3.05, 3.63) is 0 Å². The lowest BCUT2D eigenvalue weighted by molar-refractivity contribution is -0.122. The quantitative estimate of drug-likeness (QED) is 0.672. The first-order chi connectivity index (χ1) is 9.11. The van der Waals surface area contributed by atoms with Gasteiger partial charge in [0.05, 0.1) is 13.2 Å². The van der Waals surface area contributed by atoms with Gasteiger partial charge in [0.1, 0.15) is 0 Å². The predicted octanol–water partition coefficient (Wildman–Crippen LogP) is 0.446. The van der Waals surface area contributed by atoms with E-state index in [0.717, 1.165) is 45.8 Å². The van der Waals surface area contributed by atoms with Crippen molar-refractivity contribution in [2.45, 2.75) is 26.7 Å². The molecule has 1 saturated heterocycles. The highest BCUT2D eigenvalue weighted by molar-refractivity contribution is 5.76. The Balaban J connectivity index is 2.12. The molecule has 1 aliphatic rings. The second-order valence-corrected chi connectivity index (χ2v) is 5.74. The van der Waals surface area contributed by atoms with Crippen LogP contribution in [0.1, 0.15) is 26.7 Å². The maximum absolute atomic E-state index is 11.8. The topological polar surface area (TPSA) is 67.6 Å². The fourth-order valence-electron chi connectivity index (χ4n) is 2.44. The summed E-state index contributed by atoms with van der Waals surface area (Å²) >= 11 is 0. The number of hydrogen-bond acceptors (Lipinski definition) is 4. The van der Waals surface area contributed by atoms with Crippen molar-refractivity contribution in [3.63, 3.8) is 0 Å². The minimum absolute atomic E-state index is 0.129. The number of amides is 1. The van der Waals surface area contributed by atoms with E-state index in [0.29, 0.717) is 24.8 Å². The fourth-order valence-corrected chi connectivity index (χ4v) is 2.44. The van der Waals surface area contributed by atoms with E-state index in [4.69, 9.17) is 10.5 Å². The molecule has 0 aromatic rings. The Kier molecular flexibility index (Phi) is 8.02. The van der Waals surface area contributed by atoms with Crippen LogP contribution in [-0.2, 0) is 9.53 Å². The standard InChI is InChI=1S/C14H29N3O2/c1-12(2)9-13(11-15)10-14(18)16-3-4-17-5-7-19-8-6-17/h12-13H,3-11,15H2,1-2H3,(H,16,18). The van der Waals surface area contributed by atoms with E-state index >= 15 is 0 Å². The summed E-state index contributed by atoms with van der Waals surface area (Å²) in [5.74, 6) is 1.03. The van der Waals surface area contributed by atoms with Gasteiger partial charge in [-0.2, -0.15) is 0 Å². The molecule has 1 rings (SSSR count). The third kappa shape index (κ3) is 7.50. The molecule has 0 spiro atoms. The van der Waals surface area contributed by atoms with Crippen molar-refractivity contribution in [2.24, 2.45) is 17.6 Å². The number of morpholine rings is 1. The van der Waals surface area contributed by atoms with Gasteiger partial charge in [-0.3, -0.25) is 9.69 Å². The number of nitrogens with two attached hydrogens (primary N) is 1. The zero-order valence-electron chi connectivity index (χ0n) is 12.4. The highest BCUT2D eigenvalue weighted by atomic mass is 16.5. The summed E-state index contributed by atoms with van der Waals surface area (Å²) in [5, 5.41) is 2.99. The number of hydrogen-bond donors (Lipinski definition) is 2. The highest BCUT2D eigenvalue weighted by Gasteiger charge is 2.14. The summed E-state index contributed by atoms with van der Waals surface area (Å²) in [7, 11) is 0. The predicted molar refractivity (Wildman–Crippen MR) is 76.9 cm³/mol. The van der Waals surface area contributed by atoms with Crippen molar-refractivity contribution in [1.29, 1.82) is 0 Å². The molecule has 1 unspecified atom stereocenters. The number of carbonyl (C=O) groups is 1. The van der Waals surface area contributed by atoms with Gasteiger partial charge in [-0.05, 0) is 24.8 Å². The fraction of sp³-hybridized carbons (Fsp3) is 0.929. The Morgan fingerprint density at radius 2 is 2.05 bits per heavy atom. The molecule has 1 heterocycles. The average molecular weight is 271 g/mol. The first-order valence-electron chi connectivity index (χ1n) is 7.38. The first kappa shape index (κ1) is 16.4. The molecule has 1 aliphatic heterocycles. The molecule has 3 N–H and O–H groups in total. The van der Waals surface area contributed by atoms with E-state index < -0.39 is 0 Å². The lowest BCUT2D eigenvalue weighted by Crippen LogP contribution is -2.41. The van der Waals surface area contributed by atoms with E-state index in [1.165, 1.54) is 0 Å². The Morgan fingerprint density at radius 3 is 2.63 bits per heavy atom. The zero-order chi connectivity index (χ0) is 14.1. The Bertz CT molecular complexity index is 253. The molecule has 19 heavy (non-hydrogen) atoms. The molecule has 112 valence electrons. The van der Waals surface area contributed by atoms with Crippen LogP contribution >= 0.6 is 0 Å². The smallest absolute Gasteiger partial charge is 0.220 e. The highest BCUT2D eigenvalue weighted by Crippen LogP contribution is 2.13. The van der Waals surface area contributed by atoms with Crippen LogP contribution in [0, 0.1) is 11.8 Å². The van der Waals surface area contributed by atoms with Gasteiger partial charge in [-0.15, -0.1) is 0 Å². The van der Waals surface area contributed by atoms with Crippen molar-refractivity contribution < 1.29 is 9.53 Å². The lowest BCUT2D eigenvalue weighted by Gasteiger charge is -2.26. The molecule has 1 atom stereocenters. The molecule has 5 heteroatoms. The summed E-state index contributed by atoms with van der Waals surface area (Å²) in [5.41, 5.74) is 5.71. The van der Waals surface area contributed by atoms with Crippen molar-refractivity contribution in [3.8, 4) is 0 Å². The Morgan fingerprint density at radius 1 is 1.37 bits per heavy atom. The third-order valence-corrected chi connectivity index (χ3v) is 3.47. The first-order valence-corrected chi connectivity index (χ1v) is 7.38. The molecular weight excluding hydrogens is 242 g/mol. The second kappa shape index (κ2) is 9.28. The van der Waals surface area contributed by atoms with Gasteiger partial charge in [0.15, 0.2) is 0 Å². The SMILES string of the molecule is CC(C)CC(CN)CC(=O)NCCN1CCOCC1. The van der Waals surface area contributed by atoms with E-state index in [-0.39, 0.29) is 5.91 Å². The van der Waals surface area contributed by atoms with Gasteiger partial charge >= 0.3 is 0 Å². The van der Waals surface area contributed by atoms with Gasteiger partial charge in [-0.25, -0.2) is 0 Å². The van der Waals surface area contributed by atoms with Gasteiger partial charge in [0, 0.05) is 32.6 Å². The molecule has 0 aromatic carbocycles. The normalized spacial score (nSPS) is 18.5. The van der Waals surface area contributed by atoms with Crippen LogP contribution in [-0.4, -0.2) is 56.7 Å². The van der Waals surface area contributed by atoms with Gasteiger partial charge in [0.2, 0.25) is 5.91 Å². The minimum atomic E-state index is 0.129. The lowest BCUT2D eigenvalue weighted by atomic mass is 9.94. The second-order valence-electron chi connectivity index (χ2n) is 5.74. The summed E-state index contributed by atoms with van der Waals surface area (Å²) in [6.07, 6.45) is 1.57. The monoisotopic (exact) mass is 271 g/mol. The van der Waals surface area contributed by atoms with Gasteiger partial charge < -0.3 is 15.8 Å². The minimum Gasteiger partial charge on any atom is -0.379 e. The van der Waals surface area contributed by atoms with Crippen molar-refractivity contribution in [1.82, 2.24) is 10.2 Å². The van der Waals surface area contributed by atoms with E-state index in [9.17, 15) is 4.79 Å². The summed E-state index contributed by atoms with van der Waals surface area (Å²) in [6, 6.07) is 0. The van der Waals surface area contributed by atoms with Crippen LogP contribution in [0.5, 0.6) is 0 Å². The van der Waals surface area contributed by atoms with Crippen molar-refractivity contribution >= 4 is 5.91 Å². The number of rotatable bonds is 8.